The Morgan fingerprint density at radius 1 is 0.871 bits per heavy atom. The summed E-state index contributed by atoms with van der Waals surface area (Å²) in [5.41, 5.74) is 3.19. The van der Waals surface area contributed by atoms with Gasteiger partial charge in [-0.1, -0.05) is 24.6 Å². The van der Waals surface area contributed by atoms with Crippen LogP contribution in [0.1, 0.15) is 41.7 Å². The molecule has 2 amide bonds. The minimum Gasteiger partial charge on any atom is -0.352 e. The van der Waals surface area contributed by atoms with Crippen molar-refractivity contribution in [2.24, 2.45) is 0 Å². The van der Waals surface area contributed by atoms with Gasteiger partial charge in [0, 0.05) is 41.7 Å². The molecule has 31 heavy (non-hydrogen) atoms. The Kier molecular flexibility index (Phi) is 8.11. The zero-order chi connectivity index (χ0) is 21.9. The first-order chi connectivity index (χ1) is 15.1. The van der Waals surface area contributed by atoms with Gasteiger partial charge in [0.2, 0.25) is 5.91 Å². The molecule has 1 heterocycles. The number of aromatic nitrogens is 2. The van der Waals surface area contributed by atoms with Crippen molar-refractivity contribution < 1.29 is 9.59 Å². The number of benzene rings is 2. The second kappa shape index (κ2) is 11.4. The summed E-state index contributed by atoms with van der Waals surface area (Å²) in [6, 6.07) is 18.5. The van der Waals surface area contributed by atoms with Gasteiger partial charge >= 0.3 is 0 Å². The van der Waals surface area contributed by atoms with Crippen LogP contribution in [0.15, 0.2) is 67.0 Å². The normalized spacial score (nSPS) is 10.4. The lowest BCUT2D eigenvalue weighted by molar-refractivity contribution is -0.116. The topological polar surface area (TPSA) is 96.0 Å². The van der Waals surface area contributed by atoms with Crippen molar-refractivity contribution in [1.82, 2.24) is 15.3 Å². The minimum atomic E-state index is -0.0638. The van der Waals surface area contributed by atoms with E-state index >= 15 is 0 Å². The van der Waals surface area contributed by atoms with Crippen LogP contribution in [0.5, 0.6) is 0 Å². The lowest BCUT2D eigenvalue weighted by atomic mass is 10.1. The van der Waals surface area contributed by atoms with E-state index in [-0.39, 0.29) is 11.8 Å². The van der Waals surface area contributed by atoms with Gasteiger partial charge in [-0.15, -0.1) is 0 Å². The third-order valence-corrected chi connectivity index (χ3v) is 4.65. The van der Waals surface area contributed by atoms with Crippen LogP contribution in [-0.4, -0.2) is 28.3 Å². The first-order valence-corrected chi connectivity index (χ1v) is 10.4. The Morgan fingerprint density at radius 3 is 2.35 bits per heavy atom. The molecule has 0 atom stereocenters. The maximum Gasteiger partial charge on any atom is 0.251 e. The second-order valence-corrected chi connectivity index (χ2v) is 7.23. The van der Waals surface area contributed by atoms with Crippen molar-refractivity contribution in [2.45, 2.75) is 32.6 Å². The van der Waals surface area contributed by atoms with Gasteiger partial charge in [0.1, 0.15) is 12.1 Å². The van der Waals surface area contributed by atoms with Crippen molar-refractivity contribution in [3.63, 3.8) is 0 Å². The van der Waals surface area contributed by atoms with Crippen molar-refractivity contribution >= 4 is 29.0 Å². The Labute approximate surface area is 182 Å². The number of nitrogens with one attached hydrogen (secondary N) is 3. The molecule has 2 aromatic carbocycles. The van der Waals surface area contributed by atoms with Crippen molar-refractivity contribution in [3.8, 4) is 0 Å². The van der Waals surface area contributed by atoms with Crippen LogP contribution < -0.4 is 16.0 Å². The molecule has 0 fully saturated rings. The molecule has 0 bridgehead atoms. The lowest BCUT2D eigenvalue weighted by Gasteiger charge is -2.09. The summed E-state index contributed by atoms with van der Waals surface area (Å²) < 4.78 is 0. The van der Waals surface area contributed by atoms with E-state index < -0.39 is 0 Å². The molecule has 160 valence electrons. The Hall–Kier alpha value is -3.74. The van der Waals surface area contributed by atoms with Gasteiger partial charge in [-0.25, -0.2) is 9.97 Å². The van der Waals surface area contributed by atoms with E-state index in [9.17, 15) is 9.59 Å². The molecule has 0 aliphatic carbocycles. The van der Waals surface area contributed by atoms with Crippen molar-refractivity contribution in [2.75, 3.05) is 17.2 Å². The van der Waals surface area contributed by atoms with E-state index in [0.29, 0.717) is 18.5 Å². The number of hydrogen-bond acceptors (Lipinski definition) is 5. The zero-order valence-electron chi connectivity index (χ0n) is 17.6. The van der Waals surface area contributed by atoms with Crippen molar-refractivity contribution in [3.05, 3.63) is 78.2 Å². The number of aryl methyl sites for hydroxylation is 1. The summed E-state index contributed by atoms with van der Waals surface area (Å²) in [6.07, 6.45) is 4.47. The molecule has 7 nitrogen and oxygen atoms in total. The number of hydrogen-bond donors (Lipinski definition) is 3. The molecule has 0 unspecified atom stereocenters. The molecule has 0 aliphatic rings. The van der Waals surface area contributed by atoms with Gasteiger partial charge in [-0.2, -0.15) is 0 Å². The standard InChI is InChI=1S/C24H27N5O2/c1-18-16-22(27-17-26-18)28-20-11-13-21(14-12-20)29-23(30)10-6-3-7-15-25-24(31)19-8-4-2-5-9-19/h2,4-5,8-9,11-14,16-17H,3,6-7,10,15H2,1H3,(H,25,31)(H,29,30)(H,26,27,28). The Balaban J connectivity index is 1.31. The summed E-state index contributed by atoms with van der Waals surface area (Å²) in [5, 5.41) is 9.01. The average molecular weight is 418 g/mol. The maximum atomic E-state index is 12.1. The highest BCUT2D eigenvalue weighted by molar-refractivity contribution is 5.94. The molecule has 7 heteroatoms. The molecular weight excluding hydrogens is 390 g/mol. The highest BCUT2D eigenvalue weighted by atomic mass is 16.2. The van der Waals surface area contributed by atoms with Gasteiger partial charge in [0.05, 0.1) is 0 Å². The molecule has 3 rings (SSSR count). The van der Waals surface area contributed by atoms with Gasteiger partial charge in [-0.3, -0.25) is 9.59 Å². The van der Waals surface area contributed by atoms with Crippen molar-refractivity contribution in [1.29, 1.82) is 0 Å². The van der Waals surface area contributed by atoms with E-state index in [1.165, 1.54) is 6.33 Å². The third kappa shape index (κ3) is 7.54. The van der Waals surface area contributed by atoms with Crippen LogP contribution in [0.25, 0.3) is 0 Å². The highest BCUT2D eigenvalue weighted by Crippen LogP contribution is 2.18. The van der Waals surface area contributed by atoms with Gasteiger partial charge in [0.15, 0.2) is 0 Å². The number of carbonyl (C=O) groups is 2. The predicted octanol–water partition coefficient (Wildman–Crippen LogP) is 4.46. The number of anilines is 3. The number of amides is 2. The molecule has 3 aromatic rings. The van der Waals surface area contributed by atoms with E-state index in [0.717, 1.165) is 42.1 Å². The van der Waals surface area contributed by atoms with Gasteiger partial charge in [0.25, 0.3) is 5.91 Å². The fourth-order valence-corrected chi connectivity index (χ4v) is 3.01. The number of nitrogens with zero attached hydrogens (tertiary/aromatic N) is 2. The lowest BCUT2D eigenvalue weighted by Crippen LogP contribution is -2.24. The van der Waals surface area contributed by atoms with E-state index in [1.807, 2.05) is 55.5 Å². The molecule has 3 N–H and O–H groups in total. The predicted molar refractivity (Wildman–Crippen MR) is 122 cm³/mol. The first kappa shape index (κ1) is 22.0. The first-order valence-electron chi connectivity index (χ1n) is 10.4. The molecule has 0 radical (unpaired) electrons. The number of carbonyl (C=O) groups excluding carboxylic acids is 2. The Bertz CT molecular complexity index is 990. The summed E-state index contributed by atoms with van der Waals surface area (Å²) >= 11 is 0. The summed E-state index contributed by atoms with van der Waals surface area (Å²) in [7, 11) is 0. The molecule has 1 aromatic heterocycles. The molecule has 0 saturated heterocycles. The van der Waals surface area contributed by atoms with Crippen LogP contribution in [0.2, 0.25) is 0 Å². The van der Waals surface area contributed by atoms with E-state index in [2.05, 4.69) is 25.9 Å². The van der Waals surface area contributed by atoms with E-state index in [1.54, 1.807) is 12.1 Å². The van der Waals surface area contributed by atoms with Crippen LogP contribution in [0, 0.1) is 6.92 Å². The molecular formula is C24H27N5O2. The summed E-state index contributed by atoms with van der Waals surface area (Å²) in [4.78, 5) is 32.3. The van der Waals surface area contributed by atoms with Crippen LogP contribution in [0.3, 0.4) is 0 Å². The summed E-state index contributed by atoms with van der Waals surface area (Å²) in [5.74, 6) is 0.649. The molecule has 0 aliphatic heterocycles. The van der Waals surface area contributed by atoms with Crippen LogP contribution in [0.4, 0.5) is 17.2 Å². The van der Waals surface area contributed by atoms with Crippen LogP contribution in [-0.2, 0) is 4.79 Å². The third-order valence-electron chi connectivity index (χ3n) is 4.65. The molecule has 0 spiro atoms. The quantitative estimate of drug-likeness (QED) is 0.423. The van der Waals surface area contributed by atoms with Gasteiger partial charge in [-0.05, 0) is 56.2 Å². The van der Waals surface area contributed by atoms with Crippen LogP contribution >= 0.6 is 0 Å². The maximum absolute atomic E-state index is 12.1. The fourth-order valence-electron chi connectivity index (χ4n) is 3.01. The second-order valence-electron chi connectivity index (χ2n) is 7.23. The number of unbranched alkanes of at least 4 members (excludes halogenated alkanes) is 2. The fraction of sp³-hybridized carbons (Fsp3) is 0.250. The monoisotopic (exact) mass is 417 g/mol. The zero-order valence-corrected chi connectivity index (χ0v) is 17.6. The average Bonchev–Trinajstić information content (AvgIpc) is 2.78. The minimum absolute atomic E-state index is 0.0135. The van der Waals surface area contributed by atoms with Gasteiger partial charge < -0.3 is 16.0 Å². The smallest absolute Gasteiger partial charge is 0.251 e. The summed E-state index contributed by atoms with van der Waals surface area (Å²) in [6.45, 7) is 2.52. The highest BCUT2D eigenvalue weighted by Gasteiger charge is 2.05. The molecule has 0 saturated carbocycles. The van der Waals surface area contributed by atoms with E-state index in [4.69, 9.17) is 0 Å². The SMILES string of the molecule is Cc1cc(Nc2ccc(NC(=O)CCCCCNC(=O)c3ccccc3)cc2)ncn1. The Morgan fingerprint density at radius 2 is 1.61 bits per heavy atom. The largest absolute Gasteiger partial charge is 0.352 e. The number of rotatable bonds is 10.